The zero-order valence-electron chi connectivity index (χ0n) is 15.7. The van der Waals surface area contributed by atoms with Gasteiger partial charge in [0.25, 0.3) is 5.56 Å². The fourth-order valence-electron chi connectivity index (χ4n) is 3.09. The Labute approximate surface area is 161 Å². The molecule has 0 fully saturated rings. The molecular formula is C21H19N3O4. The van der Waals surface area contributed by atoms with E-state index in [1.54, 1.807) is 50.4 Å². The fourth-order valence-corrected chi connectivity index (χ4v) is 3.09. The lowest BCUT2D eigenvalue weighted by atomic mass is 10.1. The van der Waals surface area contributed by atoms with Crippen LogP contribution in [0.1, 0.15) is 0 Å². The number of ether oxygens (including phenoxy) is 3. The van der Waals surface area contributed by atoms with Crippen LogP contribution in [-0.2, 0) is 0 Å². The molecule has 7 nitrogen and oxygen atoms in total. The van der Waals surface area contributed by atoms with Gasteiger partial charge in [0.05, 0.1) is 32.7 Å². The number of rotatable bonds is 5. The summed E-state index contributed by atoms with van der Waals surface area (Å²) < 4.78 is 19.2. The molecule has 0 aliphatic rings. The largest absolute Gasteiger partial charge is 0.497 e. The Hall–Kier alpha value is -3.74. The first-order valence-electron chi connectivity index (χ1n) is 8.62. The SMILES string of the molecule is COc1cccc(-n2ccn3cc(-c4cc(OC)ccc4OC)nc3c2=O)c1. The summed E-state index contributed by atoms with van der Waals surface area (Å²) in [6.07, 6.45) is 5.29. The quantitative estimate of drug-likeness (QED) is 0.534. The van der Waals surface area contributed by atoms with Gasteiger partial charge < -0.3 is 18.6 Å². The highest BCUT2D eigenvalue weighted by Gasteiger charge is 2.14. The zero-order valence-corrected chi connectivity index (χ0v) is 15.7. The van der Waals surface area contributed by atoms with E-state index in [0.717, 1.165) is 5.56 Å². The molecule has 4 rings (SSSR count). The highest BCUT2D eigenvalue weighted by atomic mass is 16.5. The number of methoxy groups -OCH3 is 3. The molecular weight excluding hydrogens is 358 g/mol. The molecule has 7 heteroatoms. The Bertz CT molecular complexity index is 1210. The van der Waals surface area contributed by atoms with Crippen molar-refractivity contribution in [3.63, 3.8) is 0 Å². The van der Waals surface area contributed by atoms with Crippen molar-refractivity contribution in [2.75, 3.05) is 21.3 Å². The topological polar surface area (TPSA) is 67.0 Å². The van der Waals surface area contributed by atoms with Crippen LogP contribution in [0.4, 0.5) is 0 Å². The van der Waals surface area contributed by atoms with Crippen LogP contribution >= 0.6 is 0 Å². The summed E-state index contributed by atoms with van der Waals surface area (Å²) in [4.78, 5) is 17.6. The van der Waals surface area contributed by atoms with E-state index < -0.39 is 0 Å². The van der Waals surface area contributed by atoms with Crippen molar-refractivity contribution in [1.82, 2.24) is 14.0 Å². The van der Waals surface area contributed by atoms with Crippen LogP contribution in [0.5, 0.6) is 17.2 Å². The van der Waals surface area contributed by atoms with E-state index in [0.29, 0.717) is 34.3 Å². The lowest BCUT2D eigenvalue weighted by Gasteiger charge is -2.08. The smallest absolute Gasteiger partial charge is 0.298 e. The molecule has 0 bridgehead atoms. The Balaban J connectivity index is 1.87. The summed E-state index contributed by atoms with van der Waals surface area (Å²) in [6, 6.07) is 12.8. The second kappa shape index (κ2) is 7.11. The van der Waals surface area contributed by atoms with Crippen molar-refractivity contribution in [2.45, 2.75) is 0 Å². The van der Waals surface area contributed by atoms with Crippen molar-refractivity contribution < 1.29 is 14.2 Å². The standard InChI is InChI=1S/C21H19N3O4/c1-26-15-6-4-5-14(11-15)24-10-9-23-13-18(22-20(23)21(24)25)17-12-16(27-2)7-8-19(17)28-3/h4-13H,1-3H3. The minimum absolute atomic E-state index is 0.233. The van der Waals surface area contributed by atoms with E-state index >= 15 is 0 Å². The Kier molecular flexibility index (Phi) is 4.49. The Morgan fingerprint density at radius 3 is 2.43 bits per heavy atom. The first kappa shape index (κ1) is 17.7. The van der Waals surface area contributed by atoms with Gasteiger partial charge in [-0.3, -0.25) is 9.36 Å². The highest BCUT2D eigenvalue weighted by Crippen LogP contribution is 2.32. The lowest BCUT2D eigenvalue weighted by molar-refractivity contribution is 0.404. The molecule has 142 valence electrons. The summed E-state index contributed by atoms with van der Waals surface area (Å²) in [5, 5.41) is 0. The second-order valence-electron chi connectivity index (χ2n) is 6.10. The van der Waals surface area contributed by atoms with Crippen molar-refractivity contribution in [2.24, 2.45) is 0 Å². The second-order valence-corrected chi connectivity index (χ2v) is 6.10. The Morgan fingerprint density at radius 2 is 1.68 bits per heavy atom. The maximum Gasteiger partial charge on any atom is 0.298 e. The van der Waals surface area contributed by atoms with Crippen molar-refractivity contribution in [3.05, 3.63) is 71.4 Å². The molecule has 2 heterocycles. The number of hydrogen-bond acceptors (Lipinski definition) is 5. The third kappa shape index (κ3) is 2.96. The molecule has 0 spiro atoms. The average Bonchev–Trinajstić information content (AvgIpc) is 3.18. The summed E-state index contributed by atoms with van der Waals surface area (Å²) in [5.41, 5.74) is 2.15. The van der Waals surface area contributed by atoms with Crippen LogP contribution in [-0.4, -0.2) is 35.3 Å². The maximum absolute atomic E-state index is 13.0. The van der Waals surface area contributed by atoms with Crippen LogP contribution in [0.2, 0.25) is 0 Å². The van der Waals surface area contributed by atoms with Gasteiger partial charge in [0.1, 0.15) is 17.2 Å². The molecule has 4 aromatic rings. The van der Waals surface area contributed by atoms with E-state index in [2.05, 4.69) is 4.98 Å². The zero-order chi connectivity index (χ0) is 19.7. The molecule has 2 aromatic carbocycles. The van der Waals surface area contributed by atoms with Gasteiger partial charge in [-0.25, -0.2) is 4.98 Å². The van der Waals surface area contributed by atoms with Crippen molar-refractivity contribution in [1.29, 1.82) is 0 Å². The van der Waals surface area contributed by atoms with Gasteiger partial charge >= 0.3 is 0 Å². The molecule has 0 unspecified atom stereocenters. The van der Waals surface area contributed by atoms with E-state index in [1.807, 2.05) is 36.4 Å². The number of aromatic nitrogens is 3. The number of nitrogens with zero attached hydrogens (tertiary/aromatic N) is 3. The first-order valence-corrected chi connectivity index (χ1v) is 8.62. The maximum atomic E-state index is 13.0. The number of imidazole rings is 1. The number of hydrogen-bond donors (Lipinski definition) is 0. The van der Waals surface area contributed by atoms with Gasteiger partial charge in [0, 0.05) is 30.2 Å². The van der Waals surface area contributed by atoms with Gasteiger partial charge in [0.2, 0.25) is 5.65 Å². The van der Waals surface area contributed by atoms with Crippen LogP contribution < -0.4 is 19.8 Å². The van der Waals surface area contributed by atoms with E-state index in [1.165, 1.54) is 4.57 Å². The molecule has 0 N–H and O–H groups in total. The number of benzene rings is 2. The minimum Gasteiger partial charge on any atom is -0.497 e. The van der Waals surface area contributed by atoms with Gasteiger partial charge in [-0.1, -0.05) is 6.07 Å². The van der Waals surface area contributed by atoms with Crippen molar-refractivity contribution in [3.8, 4) is 34.2 Å². The van der Waals surface area contributed by atoms with Crippen LogP contribution in [0.3, 0.4) is 0 Å². The summed E-state index contributed by atoms with van der Waals surface area (Å²) in [7, 11) is 4.78. The first-order chi connectivity index (χ1) is 13.6. The minimum atomic E-state index is -0.233. The Morgan fingerprint density at radius 1 is 0.893 bits per heavy atom. The molecule has 0 saturated carbocycles. The lowest BCUT2D eigenvalue weighted by Crippen LogP contribution is -2.19. The van der Waals surface area contributed by atoms with Gasteiger partial charge in [-0.15, -0.1) is 0 Å². The van der Waals surface area contributed by atoms with Gasteiger partial charge in [-0.05, 0) is 30.3 Å². The normalized spacial score (nSPS) is 10.8. The predicted molar refractivity (Wildman–Crippen MR) is 106 cm³/mol. The molecule has 28 heavy (non-hydrogen) atoms. The third-order valence-electron chi connectivity index (χ3n) is 4.53. The molecule has 0 saturated heterocycles. The number of fused-ring (bicyclic) bond motifs is 1. The molecule has 2 aromatic heterocycles. The molecule has 0 atom stereocenters. The van der Waals surface area contributed by atoms with Crippen LogP contribution in [0.15, 0.2) is 65.8 Å². The van der Waals surface area contributed by atoms with Gasteiger partial charge in [-0.2, -0.15) is 0 Å². The summed E-state index contributed by atoms with van der Waals surface area (Å²) in [6.45, 7) is 0. The van der Waals surface area contributed by atoms with Crippen LogP contribution in [0.25, 0.3) is 22.6 Å². The third-order valence-corrected chi connectivity index (χ3v) is 4.53. The monoisotopic (exact) mass is 377 g/mol. The predicted octanol–water partition coefficient (Wildman–Crippen LogP) is 3.18. The molecule has 0 amide bonds. The summed E-state index contributed by atoms with van der Waals surface area (Å²) in [5.74, 6) is 2.01. The molecule has 0 aliphatic carbocycles. The fraction of sp³-hybridized carbons (Fsp3) is 0.143. The van der Waals surface area contributed by atoms with E-state index in [9.17, 15) is 4.79 Å². The molecule has 0 aliphatic heterocycles. The average molecular weight is 377 g/mol. The van der Waals surface area contributed by atoms with Crippen molar-refractivity contribution >= 4 is 5.65 Å². The van der Waals surface area contributed by atoms with E-state index in [4.69, 9.17) is 14.2 Å². The van der Waals surface area contributed by atoms with Crippen LogP contribution in [0, 0.1) is 0 Å². The van der Waals surface area contributed by atoms with E-state index in [-0.39, 0.29) is 5.56 Å². The highest BCUT2D eigenvalue weighted by molar-refractivity contribution is 5.70. The molecule has 0 radical (unpaired) electrons. The summed E-state index contributed by atoms with van der Waals surface area (Å²) >= 11 is 0. The van der Waals surface area contributed by atoms with Gasteiger partial charge in [0.15, 0.2) is 0 Å².